The fraction of sp³-hybridized carbons (Fsp3) is 0.417. The van der Waals surface area contributed by atoms with Crippen molar-refractivity contribution in [3.05, 3.63) is 113 Å². The average molecular weight is 724 g/mol. The number of fused-ring (bicyclic) bond motifs is 2. The van der Waals surface area contributed by atoms with Gasteiger partial charge >= 0.3 is 24.8 Å². The summed E-state index contributed by atoms with van der Waals surface area (Å²) in [7, 11) is 0. The molecule has 0 aliphatic carbocycles. The number of aliphatic hydroxyl groups is 1. The van der Waals surface area contributed by atoms with Gasteiger partial charge in [0, 0.05) is 71.1 Å². The number of hydrogen-bond donors (Lipinski definition) is 1. The molecule has 0 amide bonds. The average Bonchev–Trinajstić information content (AvgIpc) is 3.73. The van der Waals surface area contributed by atoms with Crippen LogP contribution in [0.1, 0.15) is 78.1 Å². The molecule has 0 radical (unpaired) electrons. The summed E-state index contributed by atoms with van der Waals surface area (Å²) < 4.78 is 5.10. The first-order valence-electron chi connectivity index (χ1n) is 15.8. The van der Waals surface area contributed by atoms with E-state index in [1.165, 1.54) is 26.4 Å². The van der Waals surface area contributed by atoms with Crippen LogP contribution in [-0.4, -0.2) is 64.5 Å². The van der Waals surface area contributed by atoms with Gasteiger partial charge in [-0.1, -0.05) is 59.6 Å². The third kappa shape index (κ3) is 10.9. The molecule has 248 valence electrons. The molecule has 5 nitrogen and oxygen atoms in total. The zero-order chi connectivity index (χ0) is 31.6. The van der Waals surface area contributed by atoms with Crippen LogP contribution in [0.5, 0.6) is 0 Å². The third-order valence-corrected chi connectivity index (χ3v) is 11.4. The molecule has 2 unspecified atom stereocenters. The molecule has 6 rings (SSSR count). The summed E-state index contributed by atoms with van der Waals surface area (Å²) in [6, 6.07) is 20.9. The van der Waals surface area contributed by atoms with Gasteiger partial charge in [0.25, 0.3) is 0 Å². The number of hydrogen-bond acceptors (Lipinski definition) is 7. The topological polar surface area (TPSA) is 53.0 Å². The molecule has 4 heterocycles. The van der Waals surface area contributed by atoms with Crippen LogP contribution < -0.4 is 18.9 Å². The minimum absolute atomic E-state index is 0. The van der Waals surface area contributed by atoms with Crippen molar-refractivity contribution in [3.8, 4) is 0 Å². The number of benzene rings is 2. The second-order valence-corrected chi connectivity index (χ2v) is 14.3. The minimum Gasteiger partial charge on any atom is -1.00 e. The van der Waals surface area contributed by atoms with E-state index in [0.717, 1.165) is 73.9 Å². The van der Waals surface area contributed by atoms with E-state index in [9.17, 15) is 9.90 Å². The number of ether oxygens (including phenoxy) is 1. The molecular formula is C36H46AlCl2LiN2O3S2. The van der Waals surface area contributed by atoms with Crippen molar-refractivity contribution in [1.29, 1.82) is 0 Å². The largest absolute Gasteiger partial charge is 1.00 e. The molecular weight excluding hydrogens is 677 g/mol. The minimum atomic E-state index is -0.136. The molecule has 1 N–H and O–H groups in total. The van der Waals surface area contributed by atoms with Gasteiger partial charge in [0.2, 0.25) is 0 Å². The van der Waals surface area contributed by atoms with Crippen LogP contribution in [-0.2, 0) is 35.5 Å². The van der Waals surface area contributed by atoms with Crippen molar-refractivity contribution in [2.24, 2.45) is 0 Å². The van der Waals surface area contributed by atoms with Gasteiger partial charge in [-0.3, -0.25) is 14.6 Å². The summed E-state index contributed by atoms with van der Waals surface area (Å²) in [5.41, 5.74) is 5.14. The smallest absolute Gasteiger partial charge is 1.00 e. The van der Waals surface area contributed by atoms with Crippen molar-refractivity contribution < 1.29 is 34.9 Å². The Bertz CT molecular complexity index is 1540. The Morgan fingerprint density at radius 1 is 0.851 bits per heavy atom. The number of carbonyl (C=O) groups excluding carboxylic acids is 1. The van der Waals surface area contributed by atoms with Gasteiger partial charge in [0.15, 0.2) is 17.4 Å². The number of halogens is 2. The zero-order valence-corrected chi connectivity index (χ0v) is 29.9. The second-order valence-electron chi connectivity index (χ2n) is 11.5. The number of rotatable bonds is 11. The maximum atomic E-state index is 11.8. The Morgan fingerprint density at radius 2 is 1.34 bits per heavy atom. The normalized spacial score (nSPS) is 15.5. The van der Waals surface area contributed by atoms with Crippen molar-refractivity contribution in [1.82, 2.24) is 9.80 Å². The van der Waals surface area contributed by atoms with Crippen LogP contribution in [0, 0.1) is 0 Å². The van der Waals surface area contributed by atoms with E-state index in [4.69, 9.17) is 27.9 Å². The van der Waals surface area contributed by atoms with E-state index in [0.29, 0.717) is 19.1 Å². The zero-order valence-electron chi connectivity index (χ0n) is 27.8. The summed E-state index contributed by atoms with van der Waals surface area (Å²) in [6.07, 6.45) is 5.07. The quantitative estimate of drug-likeness (QED) is 0.174. The van der Waals surface area contributed by atoms with Crippen LogP contribution in [0.3, 0.4) is 0 Å². The molecule has 2 atom stereocenters. The molecule has 47 heavy (non-hydrogen) atoms. The Labute approximate surface area is 322 Å². The third-order valence-electron chi connectivity index (χ3n) is 8.65. The Hall–Kier alpha value is -1.10. The van der Waals surface area contributed by atoms with E-state index in [1.54, 1.807) is 0 Å². The number of thiophene rings is 2. The van der Waals surface area contributed by atoms with Gasteiger partial charge in [-0.05, 0) is 96.3 Å². The van der Waals surface area contributed by atoms with Crippen LogP contribution in [0.2, 0.25) is 10.0 Å². The molecule has 4 aromatic rings. The van der Waals surface area contributed by atoms with Gasteiger partial charge < -0.3 is 11.3 Å². The predicted molar refractivity (Wildman–Crippen MR) is 198 cm³/mol. The van der Waals surface area contributed by atoms with Gasteiger partial charge in [-0.15, -0.1) is 22.7 Å². The van der Waals surface area contributed by atoms with Crippen LogP contribution >= 0.6 is 45.9 Å². The van der Waals surface area contributed by atoms with E-state index in [-0.39, 0.29) is 56.3 Å². The molecule has 2 aromatic heterocycles. The molecule has 0 bridgehead atoms. The van der Waals surface area contributed by atoms with Gasteiger partial charge in [-0.2, -0.15) is 0 Å². The van der Waals surface area contributed by atoms with E-state index in [1.807, 2.05) is 66.0 Å². The second kappa shape index (κ2) is 20.5. The summed E-state index contributed by atoms with van der Waals surface area (Å²) in [6.45, 7) is 6.46. The summed E-state index contributed by atoms with van der Waals surface area (Å²) in [5.74, 6) is -0.136. The van der Waals surface area contributed by atoms with E-state index < -0.39 is 0 Å². The number of aliphatic hydroxyl groups excluding tert-OH is 1. The summed E-state index contributed by atoms with van der Waals surface area (Å²) in [5, 5.41) is 15.2. The van der Waals surface area contributed by atoms with Crippen molar-refractivity contribution >= 4 is 69.2 Å². The van der Waals surface area contributed by atoms with Gasteiger partial charge in [-0.25, -0.2) is 0 Å². The Balaban J connectivity index is 0.000000316. The predicted octanol–water partition coefficient (Wildman–Crippen LogP) is 5.05. The monoisotopic (exact) mass is 722 g/mol. The Morgan fingerprint density at radius 3 is 1.81 bits per heavy atom. The van der Waals surface area contributed by atoms with Crippen LogP contribution in [0.4, 0.5) is 0 Å². The van der Waals surface area contributed by atoms with E-state index in [2.05, 4.69) is 44.8 Å². The fourth-order valence-electron chi connectivity index (χ4n) is 6.41. The first-order chi connectivity index (χ1) is 22.0. The molecule has 2 aromatic carbocycles. The number of carbonyl (C=O) groups is 1. The van der Waals surface area contributed by atoms with Gasteiger partial charge in [0.1, 0.15) is 0 Å². The molecule has 0 fully saturated rings. The van der Waals surface area contributed by atoms with Gasteiger partial charge in [0.05, 0.1) is 6.61 Å². The number of esters is 1. The summed E-state index contributed by atoms with van der Waals surface area (Å²) in [4.78, 5) is 19.8. The molecule has 11 heteroatoms. The summed E-state index contributed by atoms with van der Waals surface area (Å²) >= 11 is 16.6. The van der Waals surface area contributed by atoms with Crippen molar-refractivity contribution in [3.63, 3.8) is 0 Å². The SMILES string of the molecule is CCOC(=O)CCC(c1ccccc1Cl)N1CCc2sccc2C1.OCCCC(c1ccccc1Cl)N1CCc2sccc2C1.[AlH3].[H-].[Li+]. The molecule has 0 saturated carbocycles. The maximum Gasteiger partial charge on any atom is 1.00 e. The first-order valence-corrected chi connectivity index (χ1v) is 18.3. The fourth-order valence-corrected chi connectivity index (χ4v) is 8.71. The first kappa shape index (κ1) is 40.3. The molecule has 0 saturated heterocycles. The molecule has 2 aliphatic heterocycles. The van der Waals surface area contributed by atoms with Crippen LogP contribution in [0.25, 0.3) is 0 Å². The molecule has 0 spiro atoms. The number of nitrogens with zero attached hydrogens (tertiary/aromatic N) is 2. The maximum absolute atomic E-state index is 11.8. The van der Waals surface area contributed by atoms with Crippen molar-refractivity contribution in [2.45, 2.75) is 70.6 Å². The van der Waals surface area contributed by atoms with E-state index >= 15 is 0 Å². The molecule has 2 aliphatic rings. The standard InChI is InChI=1S/C19H22ClNO2S.C17H20ClNOS.Al.Li.4H/c1-2-23-19(22)8-7-17(15-5-3-4-6-16(15)20)21-11-9-18-14(13-21)10-12-24-18;18-15-5-2-1-4-14(15)16(6-3-10-20)19-9-7-17-13(12-19)8-11-21-17;;;;;;/h3-6,10,12,17H,2,7-9,11,13H2,1H3;1-2,4-5,8,11,16,20H,3,6-7,9-10,12H2;;;;;;/q;;;+1;;;;-1. The van der Waals surface area contributed by atoms with Crippen LogP contribution in [0.15, 0.2) is 71.4 Å². The van der Waals surface area contributed by atoms with Crippen molar-refractivity contribution in [2.75, 3.05) is 26.3 Å². The Kier molecular flexibility index (Phi) is 17.6.